The Bertz CT molecular complexity index is 82.0. The minimum atomic E-state index is 0.697. The molecule has 0 rings (SSSR count). The van der Waals surface area contributed by atoms with Crippen LogP contribution in [0.1, 0.15) is 40.0 Å². The molecule has 0 aliphatic rings. The highest BCUT2D eigenvalue weighted by atomic mass is 14.0. The van der Waals surface area contributed by atoms with E-state index in [4.69, 9.17) is 0 Å². The van der Waals surface area contributed by atoms with Gasteiger partial charge >= 0.3 is 0 Å². The number of rotatable bonds is 5. The largest absolute Gasteiger partial charge is 0.103 e. The fourth-order valence-corrected chi connectivity index (χ4v) is 0.821. The highest BCUT2D eigenvalue weighted by molar-refractivity contribution is 4.80. The van der Waals surface area contributed by atoms with E-state index in [1.54, 1.807) is 0 Å². The Morgan fingerprint density at radius 3 is 2.09 bits per heavy atom. The van der Waals surface area contributed by atoms with Gasteiger partial charge in [-0.3, -0.25) is 0 Å². The van der Waals surface area contributed by atoms with Crippen molar-refractivity contribution in [3.63, 3.8) is 0 Å². The summed E-state index contributed by atoms with van der Waals surface area (Å²) in [7, 11) is 0. The monoisotopic (exact) mass is 154 g/mol. The average molecular weight is 154 g/mol. The van der Waals surface area contributed by atoms with Gasteiger partial charge in [0, 0.05) is 0 Å². The Hall–Kier alpha value is -0.520. The van der Waals surface area contributed by atoms with Crippen molar-refractivity contribution in [3.05, 3.63) is 25.3 Å². The van der Waals surface area contributed by atoms with Crippen molar-refractivity contribution in [1.82, 2.24) is 0 Å². The van der Waals surface area contributed by atoms with Gasteiger partial charge in [0.05, 0.1) is 0 Å². The van der Waals surface area contributed by atoms with Crippen molar-refractivity contribution in [3.8, 4) is 0 Å². The maximum absolute atomic E-state index is 3.75. The lowest BCUT2D eigenvalue weighted by atomic mass is 10.0. The smallest absolute Gasteiger partial charge is 0.0236 e. The second-order valence-electron chi connectivity index (χ2n) is 2.27. The van der Waals surface area contributed by atoms with Crippen LogP contribution in [0.5, 0.6) is 0 Å². The van der Waals surface area contributed by atoms with Gasteiger partial charge in [-0.2, -0.15) is 0 Å². The van der Waals surface area contributed by atoms with Crippen LogP contribution >= 0.6 is 0 Å². The Morgan fingerprint density at radius 2 is 1.82 bits per heavy atom. The minimum Gasteiger partial charge on any atom is -0.103 e. The molecule has 0 saturated heterocycles. The van der Waals surface area contributed by atoms with Gasteiger partial charge in [0.25, 0.3) is 0 Å². The van der Waals surface area contributed by atoms with E-state index in [2.05, 4.69) is 20.1 Å². The maximum atomic E-state index is 3.75. The van der Waals surface area contributed by atoms with Gasteiger partial charge in [0.15, 0.2) is 0 Å². The molecule has 0 amide bonds. The summed E-state index contributed by atoms with van der Waals surface area (Å²) in [5.74, 6) is 0.697. The first kappa shape index (κ1) is 13.1. The van der Waals surface area contributed by atoms with Crippen LogP contribution < -0.4 is 0 Å². The summed E-state index contributed by atoms with van der Waals surface area (Å²) in [4.78, 5) is 0. The molecule has 0 heterocycles. The second-order valence-corrected chi connectivity index (χ2v) is 2.27. The van der Waals surface area contributed by atoms with Crippen LogP contribution in [0.4, 0.5) is 0 Å². The lowest BCUT2D eigenvalue weighted by molar-refractivity contribution is 0.580. The first-order chi connectivity index (χ1) is 5.35. The maximum Gasteiger partial charge on any atom is -0.0236 e. The molecule has 0 saturated carbocycles. The third-order valence-electron chi connectivity index (χ3n) is 1.60. The van der Waals surface area contributed by atoms with Crippen LogP contribution in [0.25, 0.3) is 0 Å². The molecular formula is C11H22. The summed E-state index contributed by atoms with van der Waals surface area (Å²) in [5, 5.41) is 0. The first-order valence-corrected chi connectivity index (χ1v) is 4.58. The summed E-state index contributed by atoms with van der Waals surface area (Å²) in [6.45, 7) is 13.6. The van der Waals surface area contributed by atoms with E-state index in [-0.39, 0.29) is 0 Å². The number of hydrogen-bond donors (Lipinski definition) is 0. The molecule has 0 N–H and O–H groups in total. The normalized spacial score (nSPS) is 10.8. The lowest BCUT2D eigenvalue weighted by Crippen LogP contribution is -1.91. The van der Waals surface area contributed by atoms with Crippen molar-refractivity contribution in [2.45, 2.75) is 40.0 Å². The Morgan fingerprint density at radius 1 is 1.27 bits per heavy atom. The molecule has 0 spiro atoms. The van der Waals surface area contributed by atoms with Crippen LogP contribution in [0.3, 0.4) is 0 Å². The quantitative estimate of drug-likeness (QED) is 0.521. The Balaban J connectivity index is 0. The van der Waals surface area contributed by atoms with Crippen LogP contribution in [0.2, 0.25) is 0 Å². The van der Waals surface area contributed by atoms with Crippen LogP contribution in [-0.4, -0.2) is 0 Å². The zero-order valence-electron chi connectivity index (χ0n) is 8.27. The summed E-state index contributed by atoms with van der Waals surface area (Å²) in [6.07, 6.45) is 7.53. The molecule has 0 radical (unpaired) electrons. The number of allylic oxidation sites excluding steroid dienone is 2. The molecule has 0 aromatic carbocycles. The van der Waals surface area contributed by atoms with Gasteiger partial charge in [-0.15, -0.1) is 13.2 Å². The van der Waals surface area contributed by atoms with E-state index >= 15 is 0 Å². The van der Waals surface area contributed by atoms with E-state index < -0.39 is 0 Å². The van der Waals surface area contributed by atoms with Gasteiger partial charge in [0.1, 0.15) is 0 Å². The second kappa shape index (κ2) is 12.2. The first-order valence-electron chi connectivity index (χ1n) is 4.58. The predicted molar refractivity (Wildman–Crippen MR) is 54.8 cm³/mol. The van der Waals surface area contributed by atoms with Crippen LogP contribution in [0, 0.1) is 5.92 Å². The zero-order chi connectivity index (χ0) is 9.11. The molecule has 0 aromatic heterocycles. The van der Waals surface area contributed by atoms with E-state index in [1.807, 2.05) is 26.0 Å². The molecule has 0 aliphatic heterocycles. The molecule has 1 atom stereocenters. The highest BCUT2D eigenvalue weighted by Crippen LogP contribution is 2.10. The van der Waals surface area contributed by atoms with E-state index in [0.29, 0.717) is 5.92 Å². The average Bonchev–Trinajstić information content (AvgIpc) is 2.10. The summed E-state index contributed by atoms with van der Waals surface area (Å²) >= 11 is 0. The van der Waals surface area contributed by atoms with Crippen LogP contribution in [-0.2, 0) is 0 Å². The third-order valence-corrected chi connectivity index (χ3v) is 1.60. The fraction of sp³-hybridized carbons (Fsp3) is 0.636. The fourth-order valence-electron chi connectivity index (χ4n) is 0.821. The van der Waals surface area contributed by atoms with Gasteiger partial charge in [-0.05, 0) is 25.2 Å². The number of hydrogen-bond acceptors (Lipinski definition) is 0. The van der Waals surface area contributed by atoms with Gasteiger partial charge in [-0.25, -0.2) is 0 Å². The topological polar surface area (TPSA) is 0 Å². The molecule has 0 aromatic rings. The zero-order valence-corrected chi connectivity index (χ0v) is 8.27. The van der Waals surface area contributed by atoms with Crippen LogP contribution in [0.15, 0.2) is 25.3 Å². The van der Waals surface area contributed by atoms with Gasteiger partial charge in [0.2, 0.25) is 0 Å². The molecule has 0 nitrogen and oxygen atoms in total. The Kier molecular flexibility index (Phi) is 14.5. The summed E-state index contributed by atoms with van der Waals surface area (Å²) in [6, 6.07) is 0. The molecular weight excluding hydrogens is 132 g/mol. The molecule has 0 aliphatic carbocycles. The Labute approximate surface area is 72.0 Å². The predicted octanol–water partition coefficient (Wildman–Crippen LogP) is 4.19. The van der Waals surface area contributed by atoms with Crippen molar-refractivity contribution < 1.29 is 0 Å². The molecule has 0 bridgehead atoms. The van der Waals surface area contributed by atoms with Crippen molar-refractivity contribution in [2.75, 3.05) is 0 Å². The molecule has 0 fully saturated rings. The highest BCUT2D eigenvalue weighted by Gasteiger charge is 1.96. The SMILES string of the molecule is C=CCCC(C=C)CC.CC. The minimum absolute atomic E-state index is 0.697. The summed E-state index contributed by atoms with van der Waals surface area (Å²) in [5.41, 5.74) is 0. The molecule has 11 heavy (non-hydrogen) atoms. The van der Waals surface area contributed by atoms with Crippen molar-refractivity contribution in [1.29, 1.82) is 0 Å². The van der Waals surface area contributed by atoms with Crippen molar-refractivity contribution in [2.24, 2.45) is 5.92 Å². The van der Waals surface area contributed by atoms with Gasteiger partial charge < -0.3 is 0 Å². The van der Waals surface area contributed by atoms with Crippen molar-refractivity contribution >= 4 is 0 Å². The van der Waals surface area contributed by atoms with E-state index in [9.17, 15) is 0 Å². The molecule has 0 heteroatoms. The third kappa shape index (κ3) is 9.48. The van der Waals surface area contributed by atoms with Gasteiger partial charge in [-0.1, -0.05) is 32.9 Å². The van der Waals surface area contributed by atoms with E-state index in [1.165, 1.54) is 12.8 Å². The lowest BCUT2D eigenvalue weighted by Gasteiger charge is -2.05. The molecule has 1 unspecified atom stereocenters. The standard InChI is InChI=1S/C9H16.C2H6/c1-4-7-8-9(5-2)6-3;1-2/h4-5,9H,1-2,6-8H2,3H3;1-2H3. The summed E-state index contributed by atoms with van der Waals surface area (Å²) < 4.78 is 0. The molecule has 66 valence electrons. The van der Waals surface area contributed by atoms with E-state index in [0.717, 1.165) is 6.42 Å².